The van der Waals surface area contributed by atoms with Crippen LogP contribution in [0.2, 0.25) is 0 Å². The molecule has 2 aromatic carbocycles. The first-order chi connectivity index (χ1) is 14.3. The van der Waals surface area contributed by atoms with E-state index in [9.17, 15) is 13.2 Å². The number of hydrazone groups is 1. The predicted molar refractivity (Wildman–Crippen MR) is 115 cm³/mol. The Bertz CT molecular complexity index is 990. The van der Waals surface area contributed by atoms with E-state index in [4.69, 9.17) is 14.2 Å². The lowest BCUT2D eigenvalue weighted by atomic mass is 10.2. The predicted octanol–water partition coefficient (Wildman–Crippen LogP) is 2.02. The standard InChI is InChI=1S/C20H25N3O6S/c1-5-30(25,26)23(16-7-10-17(27-2)11-8-16)14-20(24)22-21-13-15-6-9-18(28-3)12-19(15)29-4/h6-13H,5,14H2,1-4H3,(H,22,24)/b21-13-. The van der Waals surface area contributed by atoms with E-state index in [0.29, 0.717) is 28.5 Å². The average Bonchev–Trinajstić information content (AvgIpc) is 2.77. The van der Waals surface area contributed by atoms with E-state index in [-0.39, 0.29) is 5.75 Å². The summed E-state index contributed by atoms with van der Waals surface area (Å²) in [4.78, 5) is 12.4. The molecular formula is C20H25N3O6S. The Labute approximate surface area is 176 Å². The summed E-state index contributed by atoms with van der Waals surface area (Å²) in [6.07, 6.45) is 1.40. The number of benzene rings is 2. The van der Waals surface area contributed by atoms with Crippen molar-refractivity contribution in [1.29, 1.82) is 0 Å². The summed E-state index contributed by atoms with van der Waals surface area (Å²) in [5, 5.41) is 3.90. The van der Waals surface area contributed by atoms with Crippen molar-refractivity contribution in [3.63, 3.8) is 0 Å². The molecule has 0 unspecified atom stereocenters. The van der Waals surface area contributed by atoms with Gasteiger partial charge in [0.15, 0.2) is 0 Å². The lowest BCUT2D eigenvalue weighted by Crippen LogP contribution is -2.40. The third kappa shape index (κ3) is 5.86. The highest BCUT2D eigenvalue weighted by molar-refractivity contribution is 7.92. The molecule has 0 saturated carbocycles. The number of ether oxygens (including phenoxy) is 3. The SMILES string of the molecule is CCS(=O)(=O)N(CC(=O)N/N=C\c1ccc(OC)cc1OC)c1ccc(OC)cc1. The first kappa shape index (κ1) is 23.0. The molecule has 1 amide bonds. The van der Waals surface area contributed by atoms with E-state index in [1.165, 1.54) is 27.4 Å². The molecule has 10 heteroatoms. The van der Waals surface area contributed by atoms with Crippen LogP contribution >= 0.6 is 0 Å². The summed E-state index contributed by atoms with van der Waals surface area (Å²) in [5.74, 6) is 0.967. The van der Waals surface area contributed by atoms with Crippen LogP contribution in [0, 0.1) is 0 Å². The molecule has 0 aliphatic carbocycles. The number of amides is 1. The topological polar surface area (TPSA) is 107 Å². The highest BCUT2D eigenvalue weighted by Crippen LogP contribution is 2.23. The summed E-state index contributed by atoms with van der Waals surface area (Å²) in [5.41, 5.74) is 3.32. The van der Waals surface area contributed by atoms with Gasteiger partial charge in [-0.1, -0.05) is 0 Å². The Kier molecular flexibility index (Phi) is 8.05. The fourth-order valence-electron chi connectivity index (χ4n) is 2.52. The zero-order valence-corrected chi connectivity index (χ0v) is 18.1. The second-order valence-corrected chi connectivity index (χ2v) is 8.19. The van der Waals surface area contributed by atoms with Crippen LogP contribution in [0.5, 0.6) is 17.2 Å². The van der Waals surface area contributed by atoms with Gasteiger partial charge in [0.25, 0.3) is 5.91 Å². The summed E-state index contributed by atoms with van der Waals surface area (Å²) < 4.78 is 41.5. The molecule has 162 valence electrons. The highest BCUT2D eigenvalue weighted by atomic mass is 32.2. The number of carbonyl (C=O) groups is 1. The van der Waals surface area contributed by atoms with E-state index < -0.39 is 22.5 Å². The van der Waals surface area contributed by atoms with E-state index >= 15 is 0 Å². The molecule has 0 bridgehead atoms. The fourth-order valence-corrected chi connectivity index (χ4v) is 3.59. The number of nitrogens with one attached hydrogen (secondary N) is 1. The molecule has 0 spiro atoms. The number of methoxy groups -OCH3 is 3. The van der Waals surface area contributed by atoms with Crippen LogP contribution in [-0.2, 0) is 14.8 Å². The third-order valence-corrected chi connectivity index (χ3v) is 5.92. The zero-order chi connectivity index (χ0) is 22.1. The smallest absolute Gasteiger partial charge is 0.260 e. The van der Waals surface area contributed by atoms with Crippen LogP contribution in [0.15, 0.2) is 47.6 Å². The molecule has 0 fully saturated rings. The molecule has 9 nitrogen and oxygen atoms in total. The molecule has 30 heavy (non-hydrogen) atoms. The summed E-state index contributed by atoms with van der Waals surface area (Å²) in [6, 6.07) is 11.5. The van der Waals surface area contributed by atoms with Crippen LogP contribution in [0.4, 0.5) is 5.69 Å². The number of nitrogens with zero attached hydrogens (tertiary/aromatic N) is 2. The minimum Gasteiger partial charge on any atom is -0.497 e. The lowest BCUT2D eigenvalue weighted by molar-refractivity contribution is -0.119. The number of hydrogen-bond acceptors (Lipinski definition) is 7. The van der Waals surface area contributed by atoms with Gasteiger partial charge in [-0.2, -0.15) is 5.10 Å². The second kappa shape index (κ2) is 10.5. The van der Waals surface area contributed by atoms with Crippen molar-refractivity contribution in [3.8, 4) is 17.2 Å². The first-order valence-electron chi connectivity index (χ1n) is 9.03. The molecule has 0 heterocycles. The Morgan fingerprint density at radius 3 is 2.23 bits per heavy atom. The van der Waals surface area contributed by atoms with Crippen molar-refractivity contribution in [2.45, 2.75) is 6.92 Å². The van der Waals surface area contributed by atoms with Gasteiger partial charge in [-0.05, 0) is 43.3 Å². The maximum absolute atomic E-state index is 12.5. The first-order valence-corrected chi connectivity index (χ1v) is 10.6. The van der Waals surface area contributed by atoms with E-state index in [1.54, 1.807) is 49.6 Å². The minimum atomic E-state index is -3.68. The zero-order valence-electron chi connectivity index (χ0n) is 17.3. The van der Waals surface area contributed by atoms with Gasteiger partial charge in [0, 0.05) is 11.6 Å². The Hall–Kier alpha value is -3.27. The molecule has 0 radical (unpaired) electrons. The van der Waals surface area contributed by atoms with Crippen molar-refractivity contribution in [2.75, 3.05) is 37.9 Å². The number of anilines is 1. The van der Waals surface area contributed by atoms with Crippen LogP contribution in [-0.4, -0.2) is 54.2 Å². The van der Waals surface area contributed by atoms with Gasteiger partial charge < -0.3 is 14.2 Å². The van der Waals surface area contributed by atoms with Crippen LogP contribution in [0.25, 0.3) is 0 Å². The fraction of sp³-hybridized carbons (Fsp3) is 0.300. The Balaban J connectivity index is 2.13. The number of hydrogen-bond donors (Lipinski definition) is 1. The van der Waals surface area contributed by atoms with Gasteiger partial charge in [-0.15, -0.1) is 0 Å². The van der Waals surface area contributed by atoms with Crippen molar-refractivity contribution < 1.29 is 27.4 Å². The second-order valence-electron chi connectivity index (χ2n) is 6.01. The van der Waals surface area contributed by atoms with Crippen molar-refractivity contribution in [1.82, 2.24) is 5.43 Å². The van der Waals surface area contributed by atoms with Crippen molar-refractivity contribution in [2.24, 2.45) is 5.10 Å². The van der Waals surface area contributed by atoms with E-state index in [0.717, 1.165) is 4.31 Å². The van der Waals surface area contributed by atoms with Gasteiger partial charge in [0.2, 0.25) is 10.0 Å². The summed E-state index contributed by atoms with van der Waals surface area (Å²) in [6.45, 7) is 1.09. The van der Waals surface area contributed by atoms with Crippen molar-refractivity contribution in [3.05, 3.63) is 48.0 Å². The maximum atomic E-state index is 12.5. The van der Waals surface area contributed by atoms with Crippen LogP contribution in [0.3, 0.4) is 0 Å². The Morgan fingerprint density at radius 1 is 1.03 bits per heavy atom. The molecular weight excluding hydrogens is 410 g/mol. The molecule has 2 aromatic rings. The van der Waals surface area contributed by atoms with Crippen LogP contribution in [0.1, 0.15) is 12.5 Å². The molecule has 0 aromatic heterocycles. The Morgan fingerprint density at radius 2 is 1.67 bits per heavy atom. The lowest BCUT2D eigenvalue weighted by Gasteiger charge is -2.23. The van der Waals surface area contributed by atoms with Gasteiger partial charge in [0.1, 0.15) is 23.8 Å². The van der Waals surface area contributed by atoms with Crippen LogP contribution < -0.4 is 23.9 Å². The number of carbonyl (C=O) groups excluding carboxylic acids is 1. The van der Waals surface area contributed by atoms with Gasteiger partial charge in [-0.3, -0.25) is 9.10 Å². The third-order valence-electron chi connectivity index (χ3n) is 4.18. The minimum absolute atomic E-state index is 0.154. The molecule has 0 atom stereocenters. The monoisotopic (exact) mass is 435 g/mol. The van der Waals surface area contributed by atoms with Gasteiger partial charge in [-0.25, -0.2) is 13.8 Å². The summed E-state index contributed by atoms with van der Waals surface area (Å²) in [7, 11) is 0.885. The van der Waals surface area contributed by atoms with E-state index in [2.05, 4.69) is 10.5 Å². The molecule has 0 saturated heterocycles. The van der Waals surface area contributed by atoms with Gasteiger partial charge >= 0.3 is 0 Å². The highest BCUT2D eigenvalue weighted by Gasteiger charge is 2.23. The maximum Gasteiger partial charge on any atom is 0.260 e. The molecule has 1 N–H and O–H groups in total. The number of rotatable bonds is 10. The number of sulfonamides is 1. The largest absolute Gasteiger partial charge is 0.497 e. The summed E-state index contributed by atoms with van der Waals surface area (Å²) >= 11 is 0. The van der Waals surface area contributed by atoms with Crippen molar-refractivity contribution >= 4 is 27.8 Å². The molecule has 2 rings (SSSR count). The normalized spacial score (nSPS) is 11.2. The van der Waals surface area contributed by atoms with E-state index in [1.807, 2.05) is 0 Å². The van der Waals surface area contributed by atoms with Gasteiger partial charge in [0.05, 0.1) is 39.0 Å². The quantitative estimate of drug-likeness (QED) is 0.452. The molecule has 0 aliphatic rings. The molecule has 0 aliphatic heterocycles. The average molecular weight is 436 g/mol.